The van der Waals surface area contributed by atoms with Crippen LogP contribution in [0.5, 0.6) is 5.75 Å². The summed E-state index contributed by atoms with van der Waals surface area (Å²) in [7, 11) is 7.66. The molecule has 0 unspecified atom stereocenters. The van der Waals surface area contributed by atoms with Gasteiger partial charge in [0.05, 0.1) is 7.11 Å². The Morgan fingerprint density at radius 1 is 1.00 bits per heavy atom. The smallest absolute Gasteiger partial charge is 0.194 e. The summed E-state index contributed by atoms with van der Waals surface area (Å²) < 4.78 is 5.25. The standard InChI is InChI=1S/C22H31N5O/c1-23-22(24-17-18-5-7-19(8-6-18)25(2)3)27-15-13-26(14-16-27)20-9-11-21(28-4)12-10-20/h5-12H,13-17H2,1-4H3,(H,23,24). The first-order valence-electron chi connectivity index (χ1n) is 9.71. The van der Waals surface area contributed by atoms with E-state index in [1.807, 2.05) is 19.2 Å². The molecule has 2 aromatic carbocycles. The van der Waals surface area contributed by atoms with Crippen LogP contribution in [0.1, 0.15) is 5.56 Å². The van der Waals surface area contributed by atoms with Gasteiger partial charge in [-0.1, -0.05) is 12.1 Å². The van der Waals surface area contributed by atoms with Crippen molar-refractivity contribution in [3.8, 4) is 5.75 Å². The molecule has 1 aliphatic rings. The number of ether oxygens (including phenoxy) is 1. The summed E-state index contributed by atoms with van der Waals surface area (Å²) in [6.07, 6.45) is 0. The van der Waals surface area contributed by atoms with Gasteiger partial charge >= 0.3 is 0 Å². The van der Waals surface area contributed by atoms with E-state index in [-0.39, 0.29) is 0 Å². The van der Waals surface area contributed by atoms with Crippen LogP contribution in [0, 0.1) is 0 Å². The molecule has 1 saturated heterocycles. The third kappa shape index (κ3) is 4.88. The number of nitrogens with zero attached hydrogens (tertiary/aromatic N) is 4. The summed E-state index contributed by atoms with van der Waals surface area (Å²) >= 11 is 0. The van der Waals surface area contributed by atoms with E-state index < -0.39 is 0 Å². The molecule has 1 N–H and O–H groups in total. The zero-order valence-electron chi connectivity index (χ0n) is 17.4. The molecular weight excluding hydrogens is 350 g/mol. The van der Waals surface area contributed by atoms with Crippen molar-refractivity contribution in [3.05, 3.63) is 54.1 Å². The second-order valence-electron chi connectivity index (χ2n) is 7.13. The second kappa shape index (κ2) is 9.35. The molecule has 0 saturated carbocycles. The second-order valence-corrected chi connectivity index (χ2v) is 7.13. The largest absolute Gasteiger partial charge is 0.497 e. The molecule has 0 amide bonds. The summed E-state index contributed by atoms with van der Waals surface area (Å²) in [5.74, 6) is 1.86. The van der Waals surface area contributed by atoms with E-state index in [0.717, 1.165) is 44.4 Å². The number of guanidine groups is 1. The van der Waals surface area contributed by atoms with Crippen LogP contribution in [0.4, 0.5) is 11.4 Å². The lowest BCUT2D eigenvalue weighted by molar-refractivity contribution is 0.372. The van der Waals surface area contributed by atoms with E-state index in [9.17, 15) is 0 Å². The topological polar surface area (TPSA) is 43.3 Å². The van der Waals surface area contributed by atoms with Gasteiger partial charge in [0.1, 0.15) is 5.75 Å². The van der Waals surface area contributed by atoms with Gasteiger partial charge in [0.2, 0.25) is 0 Å². The molecule has 1 heterocycles. The van der Waals surface area contributed by atoms with Crippen LogP contribution in [0.3, 0.4) is 0 Å². The Labute approximate surface area is 168 Å². The maximum absolute atomic E-state index is 5.25. The minimum atomic E-state index is 0.777. The highest BCUT2D eigenvalue weighted by atomic mass is 16.5. The molecule has 0 radical (unpaired) electrons. The van der Waals surface area contributed by atoms with Gasteiger partial charge in [-0.3, -0.25) is 4.99 Å². The minimum Gasteiger partial charge on any atom is -0.497 e. The molecule has 0 spiro atoms. The number of hydrogen-bond donors (Lipinski definition) is 1. The Hall–Kier alpha value is -2.89. The fourth-order valence-corrected chi connectivity index (χ4v) is 3.39. The lowest BCUT2D eigenvalue weighted by Crippen LogP contribution is -2.52. The molecule has 150 valence electrons. The first-order valence-corrected chi connectivity index (χ1v) is 9.71. The summed E-state index contributed by atoms with van der Waals surface area (Å²) in [6, 6.07) is 16.9. The monoisotopic (exact) mass is 381 g/mol. The normalized spacial score (nSPS) is 14.8. The van der Waals surface area contributed by atoms with Crippen LogP contribution in [-0.2, 0) is 6.54 Å². The fraction of sp³-hybridized carbons (Fsp3) is 0.409. The maximum Gasteiger partial charge on any atom is 0.194 e. The van der Waals surface area contributed by atoms with Crippen molar-refractivity contribution in [2.45, 2.75) is 6.54 Å². The highest BCUT2D eigenvalue weighted by Gasteiger charge is 2.19. The number of nitrogens with one attached hydrogen (secondary N) is 1. The van der Waals surface area contributed by atoms with Crippen molar-refractivity contribution in [2.75, 3.05) is 64.2 Å². The predicted molar refractivity (Wildman–Crippen MR) is 118 cm³/mol. The Morgan fingerprint density at radius 2 is 1.64 bits per heavy atom. The third-order valence-electron chi connectivity index (χ3n) is 5.13. The number of anilines is 2. The molecule has 2 aromatic rings. The highest BCUT2D eigenvalue weighted by Crippen LogP contribution is 2.20. The molecule has 0 bridgehead atoms. The predicted octanol–water partition coefficient (Wildman–Crippen LogP) is 2.66. The Morgan fingerprint density at radius 3 is 2.18 bits per heavy atom. The number of rotatable bonds is 5. The number of methoxy groups -OCH3 is 1. The van der Waals surface area contributed by atoms with E-state index in [0.29, 0.717) is 0 Å². The SMILES string of the molecule is CN=C(NCc1ccc(N(C)C)cc1)N1CCN(c2ccc(OC)cc2)CC1. The van der Waals surface area contributed by atoms with Crippen LogP contribution in [-0.4, -0.2) is 65.3 Å². The van der Waals surface area contributed by atoms with Gasteiger partial charge in [-0.2, -0.15) is 0 Å². The van der Waals surface area contributed by atoms with Gasteiger partial charge in [-0.15, -0.1) is 0 Å². The van der Waals surface area contributed by atoms with E-state index in [4.69, 9.17) is 4.74 Å². The zero-order valence-corrected chi connectivity index (χ0v) is 17.4. The molecule has 28 heavy (non-hydrogen) atoms. The minimum absolute atomic E-state index is 0.777. The van der Waals surface area contributed by atoms with E-state index >= 15 is 0 Å². The number of piperazine rings is 1. The van der Waals surface area contributed by atoms with Gasteiger partial charge in [0.15, 0.2) is 5.96 Å². The molecule has 3 rings (SSSR count). The van der Waals surface area contributed by atoms with Gasteiger partial charge in [0.25, 0.3) is 0 Å². The Bertz CT molecular complexity index is 763. The average molecular weight is 382 g/mol. The lowest BCUT2D eigenvalue weighted by Gasteiger charge is -2.37. The van der Waals surface area contributed by atoms with Crippen molar-refractivity contribution in [1.82, 2.24) is 10.2 Å². The summed E-state index contributed by atoms with van der Waals surface area (Å²) in [4.78, 5) is 11.3. The van der Waals surface area contributed by atoms with E-state index in [2.05, 4.69) is 75.5 Å². The number of hydrogen-bond acceptors (Lipinski definition) is 4. The van der Waals surface area contributed by atoms with E-state index in [1.165, 1.54) is 16.9 Å². The highest BCUT2D eigenvalue weighted by molar-refractivity contribution is 5.80. The summed E-state index contributed by atoms with van der Waals surface area (Å²) in [5, 5.41) is 3.50. The van der Waals surface area contributed by atoms with E-state index in [1.54, 1.807) is 7.11 Å². The fourth-order valence-electron chi connectivity index (χ4n) is 3.39. The van der Waals surface area contributed by atoms with Crippen LogP contribution in [0.25, 0.3) is 0 Å². The van der Waals surface area contributed by atoms with Crippen molar-refractivity contribution >= 4 is 17.3 Å². The van der Waals surface area contributed by atoms with Crippen LogP contribution in [0.2, 0.25) is 0 Å². The maximum atomic E-state index is 5.25. The first kappa shape index (κ1) is 19.9. The van der Waals surface area contributed by atoms with Crippen molar-refractivity contribution in [2.24, 2.45) is 4.99 Å². The molecule has 6 nitrogen and oxygen atoms in total. The molecule has 0 atom stereocenters. The van der Waals surface area contributed by atoms with Gasteiger partial charge in [-0.25, -0.2) is 0 Å². The van der Waals surface area contributed by atoms with Crippen LogP contribution < -0.4 is 19.9 Å². The van der Waals surface area contributed by atoms with Crippen molar-refractivity contribution < 1.29 is 4.74 Å². The molecule has 0 aromatic heterocycles. The van der Waals surface area contributed by atoms with Gasteiger partial charge in [-0.05, 0) is 42.0 Å². The Balaban J connectivity index is 1.51. The average Bonchev–Trinajstić information content (AvgIpc) is 2.75. The molecule has 1 fully saturated rings. The first-order chi connectivity index (χ1) is 13.6. The lowest BCUT2D eigenvalue weighted by atomic mass is 10.2. The van der Waals surface area contributed by atoms with Crippen LogP contribution in [0.15, 0.2) is 53.5 Å². The van der Waals surface area contributed by atoms with Crippen molar-refractivity contribution in [1.29, 1.82) is 0 Å². The molecular formula is C22H31N5O. The summed E-state index contributed by atoms with van der Waals surface area (Å²) in [5.41, 5.74) is 3.70. The summed E-state index contributed by atoms with van der Waals surface area (Å²) in [6.45, 7) is 4.63. The zero-order chi connectivity index (χ0) is 19.9. The van der Waals surface area contributed by atoms with Gasteiger partial charge in [0, 0.05) is 65.2 Å². The molecule has 6 heteroatoms. The number of benzene rings is 2. The Kier molecular flexibility index (Phi) is 6.63. The third-order valence-corrected chi connectivity index (χ3v) is 5.13. The molecule has 0 aliphatic carbocycles. The van der Waals surface area contributed by atoms with Crippen molar-refractivity contribution in [3.63, 3.8) is 0 Å². The number of aliphatic imine (C=N–C) groups is 1. The van der Waals surface area contributed by atoms with Gasteiger partial charge < -0.3 is 24.8 Å². The van der Waals surface area contributed by atoms with Crippen LogP contribution >= 0.6 is 0 Å². The quantitative estimate of drug-likeness (QED) is 0.637. The molecule has 1 aliphatic heterocycles.